The van der Waals surface area contributed by atoms with Gasteiger partial charge >= 0.3 is 0 Å². The van der Waals surface area contributed by atoms with Crippen molar-refractivity contribution in [2.45, 2.75) is 13.0 Å². The van der Waals surface area contributed by atoms with E-state index in [1.54, 1.807) is 13.3 Å². The van der Waals surface area contributed by atoms with Gasteiger partial charge in [0.2, 0.25) is 5.89 Å². The lowest BCUT2D eigenvalue weighted by Gasteiger charge is -2.03. The first kappa shape index (κ1) is 9.93. The number of oxazole rings is 1. The minimum atomic E-state index is -0.0602. The second-order valence-corrected chi connectivity index (χ2v) is 3.31. The lowest BCUT2D eigenvalue weighted by atomic mass is 10.2. The number of aromatic nitrogens is 1. The van der Waals surface area contributed by atoms with Gasteiger partial charge in [0.05, 0.1) is 6.20 Å². The maximum absolute atomic E-state index is 5.59. The van der Waals surface area contributed by atoms with Gasteiger partial charge in [-0.1, -0.05) is 18.2 Å². The van der Waals surface area contributed by atoms with Crippen LogP contribution < -0.4 is 0 Å². The summed E-state index contributed by atoms with van der Waals surface area (Å²) in [6.45, 7) is 1.93. The van der Waals surface area contributed by atoms with E-state index in [1.165, 1.54) is 0 Å². The van der Waals surface area contributed by atoms with Gasteiger partial charge in [0.1, 0.15) is 6.10 Å². The number of benzene rings is 1. The smallest absolute Gasteiger partial charge is 0.226 e. The molecule has 1 unspecified atom stereocenters. The molecule has 0 aliphatic rings. The van der Waals surface area contributed by atoms with Gasteiger partial charge in [-0.3, -0.25) is 0 Å². The van der Waals surface area contributed by atoms with Crippen molar-refractivity contribution in [3.05, 3.63) is 42.3 Å². The maximum Gasteiger partial charge on any atom is 0.226 e. The molecule has 0 saturated heterocycles. The van der Waals surface area contributed by atoms with Crippen LogP contribution in [0.1, 0.15) is 18.8 Å². The molecule has 1 aromatic carbocycles. The molecule has 0 saturated carbocycles. The largest absolute Gasteiger partial charge is 0.438 e. The molecule has 2 rings (SSSR count). The average Bonchev–Trinajstić information content (AvgIpc) is 2.78. The van der Waals surface area contributed by atoms with E-state index < -0.39 is 0 Å². The Morgan fingerprint density at radius 2 is 2.00 bits per heavy atom. The van der Waals surface area contributed by atoms with E-state index in [4.69, 9.17) is 9.15 Å². The van der Waals surface area contributed by atoms with Crippen LogP contribution in [0.4, 0.5) is 0 Å². The Morgan fingerprint density at radius 1 is 1.27 bits per heavy atom. The van der Waals surface area contributed by atoms with E-state index in [0.29, 0.717) is 5.89 Å². The van der Waals surface area contributed by atoms with Crippen LogP contribution >= 0.6 is 0 Å². The fraction of sp³-hybridized carbons (Fsp3) is 0.250. The van der Waals surface area contributed by atoms with Crippen LogP contribution in [0.3, 0.4) is 0 Å². The quantitative estimate of drug-likeness (QED) is 0.769. The van der Waals surface area contributed by atoms with Gasteiger partial charge in [0.25, 0.3) is 0 Å². The minimum absolute atomic E-state index is 0.0602. The molecule has 78 valence electrons. The second-order valence-electron chi connectivity index (χ2n) is 3.31. The molecule has 0 spiro atoms. The van der Waals surface area contributed by atoms with E-state index in [0.717, 1.165) is 11.3 Å². The highest BCUT2D eigenvalue weighted by molar-refractivity contribution is 5.52. The van der Waals surface area contributed by atoms with Gasteiger partial charge < -0.3 is 9.15 Å². The van der Waals surface area contributed by atoms with Crippen molar-refractivity contribution in [2.24, 2.45) is 0 Å². The Balaban J connectivity index is 2.28. The van der Waals surface area contributed by atoms with E-state index >= 15 is 0 Å². The molecule has 1 aromatic heterocycles. The van der Waals surface area contributed by atoms with E-state index in [-0.39, 0.29) is 6.10 Å². The summed E-state index contributed by atoms with van der Waals surface area (Å²) in [5, 5.41) is 0. The molecule has 0 aliphatic carbocycles. The molecule has 3 heteroatoms. The lowest BCUT2D eigenvalue weighted by molar-refractivity contribution is 0.100. The third-order valence-corrected chi connectivity index (χ3v) is 2.30. The summed E-state index contributed by atoms with van der Waals surface area (Å²) < 4.78 is 10.7. The predicted octanol–water partition coefficient (Wildman–Crippen LogP) is 3.05. The fourth-order valence-corrected chi connectivity index (χ4v) is 1.30. The number of ether oxygens (including phenoxy) is 1. The monoisotopic (exact) mass is 203 g/mol. The van der Waals surface area contributed by atoms with Gasteiger partial charge in [-0.25, -0.2) is 4.98 Å². The summed E-state index contributed by atoms with van der Waals surface area (Å²) in [5.41, 5.74) is 0.979. The second kappa shape index (κ2) is 4.28. The molecule has 1 atom stereocenters. The zero-order valence-electron chi connectivity index (χ0n) is 8.81. The number of hydrogen-bond acceptors (Lipinski definition) is 3. The molecule has 3 nitrogen and oxygen atoms in total. The molecular weight excluding hydrogens is 190 g/mol. The Labute approximate surface area is 88.7 Å². The van der Waals surface area contributed by atoms with Crippen LogP contribution in [0.2, 0.25) is 0 Å². The average molecular weight is 203 g/mol. The van der Waals surface area contributed by atoms with Crippen LogP contribution in [0.15, 0.2) is 40.9 Å². The Morgan fingerprint density at radius 3 is 2.67 bits per heavy atom. The molecule has 0 fully saturated rings. The molecule has 2 aromatic rings. The van der Waals surface area contributed by atoms with Gasteiger partial charge in [-0.15, -0.1) is 0 Å². The van der Waals surface area contributed by atoms with Crippen LogP contribution in [0.25, 0.3) is 11.5 Å². The van der Waals surface area contributed by atoms with Crippen LogP contribution in [-0.2, 0) is 4.74 Å². The summed E-state index contributed by atoms with van der Waals surface area (Å²) >= 11 is 0. The van der Waals surface area contributed by atoms with Gasteiger partial charge in [0.15, 0.2) is 5.76 Å². The van der Waals surface area contributed by atoms with Gasteiger partial charge in [-0.05, 0) is 19.1 Å². The summed E-state index contributed by atoms with van der Waals surface area (Å²) in [4.78, 5) is 4.21. The van der Waals surface area contributed by atoms with Crippen molar-refractivity contribution in [3.8, 4) is 11.5 Å². The van der Waals surface area contributed by atoms with Crippen molar-refractivity contribution in [1.82, 2.24) is 4.98 Å². The maximum atomic E-state index is 5.59. The zero-order valence-corrected chi connectivity index (χ0v) is 8.81. The standard InChI is InChI=1S/C12H13NO2/c1-9(14-2)11-8-13-12(15-11)10-6-4-3-5-7-10/h3-9H,1-2H3. The van der Waals surface area contributed by atoms with E-state index in [9.17, 15) is 0 Å². The summed E-state index contributed by atoms with van der Waals surface area (Å²) in [7, 11) is 1.65. The molecule has 0 amide bonds. The van der Waals surface area contributed by atoms with Crippen LogP contribution in [0.5, 0.6) is 0 Å². The lowest BCUT2D eigenvalue weighted by Crippen LogP contribution is -1.92. The topological polar surface area (TPSA) is 35.3 Å². The SMILES string of the molecule is COC(C)c1cnc(-c2ccccc2)o1. The normalized spacial score (nSPS) is 12.7. The Hall–Kier alpha value is -1.61. The third-order valence-electron chi connectivity index (χ3n) is 2.30. The summed E-state index contributed by atoms with van der Waals surface area (Å²) in [5.74, 6) is 1.38. The zero-order chi connectivity index (χ0) is 10.7. The fourth-order valence-electron chi connectivity index (χ4n) is 1.30. The predicted molar refractivity (Wildman–Crippen MR) is 57.4 cm³/mol. The highest BCUT2D eigenvalue weighted by atomic mass is 16.5. The number of rotatable bonds is 3. The molecule has 0 bridgehead atoms. The van der Waals surface area contributed by atoms with Crippen molar-refractivity contribution >= 4 is 0 Å². The first-order chi connectivity index (χ1) is 7.31. The minimum Gasteiger partial charge on any atom is -0.438 e. The molecule has 0 aliphatic heterocycles. The van der Waals surface area contributed by atoms with Crippen molar-refractivity contribution < 1.29 is 9.15 Å². The van der Waals surface area contributed by atoms with Gasteiger partial charge in [-0.2, -0.15) is 0 Å². The molecular formula is C12H13NO2. The van der Waals surface area contributed by atoms with Crippen molar-refractivity contribution in [3.63, 3.8) is 0 Å². The Bertz CT molecular complexity index is 422. The van der Waals surface area contributed by atoms with Crippen LogP contribution in [0, 0.1) is 0 Å². The highest BCUT2D eigenvalue weighted by Crippen LogP contribution is 2.23. The number of hydrogen-bond donors (Lipinski definition) is 0. The van der Waals surface area contributed by atoms with Crippen molar-refractivity contribution in [1.29, 1.82) is 0 Å². The van der Waals surface area contributed by atoms with E-state index in [2.05, 4.69) is 4.98 Å². The number of methoxy groups -OCH3 is 1. The first-order valence-corrected chi connectivity index (χ1v) is 4.85. The summed E-state index contributed by atoms with van der Waals surface area (Å²) in [6, 6.07) is 9.81. The summed E-state index contributed by atoms with van der Waals surface area (Å²) in [6.07, 6.45) is 1.64. The first-order valence-electron chi connectivity index (χ1n) is 4.85. The van der Waals surface area contributed by atoms with Crippen molar-refractivity contribution in [2.75, 3.05) is 7.11 Å². The van der Waals surface area contributed by atoms with E-state index in [1.807, 2.05) is 37.3 Å². The number of nitrogens with zero attached hydrogens (tertiary/aromatic N) is 1. The molecule has 0 N–H and O–H groups in total. The third kappa shape index (κ3) is 2.07. The molecule has 15 heavy (non-hydrogen) atoms. The molecule has 1 heterocycles. The molecule has 0 radical (unpaired) electrons. The Kier molecular flexibility index (Phi) is 2.83. The van der Waals surface area contributed by atoms with Gasteiger partial charge in [0, 0.05) is 12.7 Å². The highest BCUT2D eigenvalue weighted by Gasteiger charge is 2.11. The van der Waals surface area contributed by atoms with Crippen LogP contribution in [-0.4, -0.2) is 12.1 Å².